The van der Waals surface area contributed by atoms with Crippen LogP contribution in [-0.4, -0.2) is 24.3 Å². The van der Waals surface area contributed by atoms with E-state index in [0.717, 1.165) is 0 Å². The molecule has 1 rings (SSSR count). The molecular weight excluding hydrogens is 440 g/mol. The molecule has 0 fully saturated rings. The zero-order valence-corrected chi connectivity index (χ0v) is 19.8. The van der Waals surface area contributed by atoms with E-state index in [1.807, 2.05) is 18.2 Å². The first-order valence-electron chi connectivity index (χ1n) is 10.2. The van der Waals surface area contributed by atoms with Crippen LogP contribution in [0.25, 0.3) is 11.4 Å². The fourth-order valence-electron chi connectivity index (χ4n) is 2.69. The topological polar surface area (TPSA) is 194 Å². The van der Waals surface area contributed by atoms with Crippen LogP contribution in [-0.2, 0) is 0 Å². The molecule has 35 heavy (non-hydrogen) atoms. The Kier molecular flexibility index (Phi) is 10.5. The van der Waals surface area contributed by atoms with Gasteiger partial charge in [0.05, 0.1) is 63.7 Å². The van der Waals surface area contributed by atoms with Crippen molar-refractivity contribution in [1.82, 2.24) is 15.6 Å². The average molecular weight is 465 g/mol. The van der Waals surface area contributed by atoms with Crippen LogP contribution in [0.2, 0.25) is 0 Å². The molecule has 1 aromatic heterocycles. The Hall–Kier alpha value is -5.37. The first kappa shape index (κ1) is 27.7. The fraction of sp³-hybridized carbons (Fsp3) is 0.240. The maximum atomic E-state index is 9.56. The van der Waals surface area contributed by atoms with Crippen molar-refractivity contribution in [1.29, 1.82) is 26.3 Å². The van der Waals surface area contributed by atoms with Gasteiger partial charge in [0.2, 0.25) is 0 Å². The maximum Gasteiger partial charge on any atom is 0.134 e. The highest BCUT2D eigenvalue weighted by molar-refractivity contribution is 6.03. The third-order valence-electron chi connectivity index (χ3n) is 4.78. The minimum atomic E-state index is -0.763. The molecule has 174 valence electrons. The van der Waals surface area contributed by atoms with Crippen molar-refractivity contribution in [3.63, 3.8) is 0 Å². The largest absolute Gasteiger partial charge is 0.399 e. The van der Waals surface area contributed by atoms with Crippen LogP contribution in [0.3, 0.4) is 0 Å². The van der Waals surface area contributed by atoms with Crippen molar-refractivity contribution in [2.24, 2.45) is 16.6 Å². The third-order valence-corrected chi connectivity index (χ3v) is 4.78. The van der Waals surface area contributed by atoms with Gasteiger partial charge < -0.3 is 16.4 Å². The Morgan fingerprint density at radius 2 is 1.89 bits per heavy atom. The van der Waals surface area contributed by atoms with Crippen molar-refractivity contribution < 1.29 is 0 Å². The molecule has 0 amide bonds. The molecule has 1 unspecified atom stereocenters. The van der Waals surface area contributed by atoms with E-state index in [9.17, 15) is 15.8 Å². The number of hydrogen-bond donors (Lipinski definition) is 3. The smallest absolute Gasteiger partial charge is 0.134 e. The molecule has 0 aromatic carbocycles. The lowest BCUT2D eigenvalue weighted by Crippen LogP contribution is -2.38. The molecule has 10 nitrogen and oxygen atoms in total. The minimum Gasteiger partial charge on any atom is -0.399 e. The molecule has 0 saturated heterocycles. The Balaban J connectivity index is 3.99. The maximum absolute atomic E-state index is 9.56. The number of nitriles is 5. The molecule has 0 aliphatic carbocycles. The van der Waals surface area contributed by atoms with Gasteiger partial charge in [-0.2, -0.15) is 26.3 Å². The summed E-state index contributed by atoms with van der Waals surface area (Å²) < 4.78 is 0. The molecule has 0 radical (unpaired) electrons. The predicted octanol–water partition coefficient (Wildman–Crippen LogP) is 0.761. The first-order valence-corrected chi connectivity index (χ1v) is 10.2. The Labute approximate surface area is 204 Å². The monoisotopic (exact) mass is 464 g/mol. The highest BCUT2D eigenvalue weighted by atomic mass is 14.9. The number of hydrogen-bond acceptors (Lipinski definition) is 10. The minimum absolute atomic E-state index is 0.00205. The molecule has 10 heteroatoms. The Bertz CT molecular complexity index is 1420. The van der Waals surface area contributed by atoms with Gasteiger partial charge in [-0.3, -0.25) is 0 Å². The Morgan fingerprint density at radius 3 is 2.40 bits per heavy atom. The number of aryl methyl sites for hydroxylation is 1. The lowest BCUT2D eigenvalue weighted by Gasteiger charge is -2.10. The number of nitrogens with one attached hydrogen (secondary N) is 2. The average Bonchev–Trinajstić information content (AvgIpc) is 2.87. The number of aromatic nitrogens is 1. The molecular formula is C25H24N10. The quantitative estimate of drug-likeness (QED) is 0.268. The second-order valence-corrected chi connectivity index (χ2v) is 7.23. The fourth-order valence-corrected chi connectivity index (χ4v) is 2.69. The summed E-state index contributed by atoms with van der Waals surface area (Å²) in [7, 11) is 1.68. The third kappa shape index (κ3) is 7.33. The van der Waals surface area contributed by atoms with Gasteiger partial charge in [0.15, 0.2) is 0 Å². The molecule has 1 atom stereocenters. The van der Waals surface area contributed by atoms with E-state index >= 15 is 0 Å². The van der Waals surface area contributed by atoms with Gasteiger partial charge in [-0.05, 0) is 19.9 Å². The highest BCUT2D eigenvalue weighted by Gasteiger charge is 2.13. The molecule has 0 bridgehead atoms. The van der Waals surface area contributed by atoms with Crippen LogP contribution in [0.5, 0.6) is 0 Å². The van der Waals surface area contributed by atoms with E-state index in [0.29, 0.717) is 27.7 Å². The van der Waals surface area contributed by atoms with Crippen LogP contribution in [0.15, 0.2) is 47.3 Å². The van der Waals surface area contributed by atoms with Gasteiger partial charge >= 0.3 is 0 Å². The van der Waals surface area contributed by atoms with E-state index in [-0.39, 0.29) is 41.1 Å². The molecule has 0 spiro atoms. The van der Waals surface area contributed by atoms with Crippen LogP contribution < -0.4 is 26.9 Å². The molecule has 0 saturated carbocycles. The van der Waals surface area contributed by atoms with Crippen LogP contribution >= 0.6 is 0 Å². The van der Waals surface area contributed by atoms with Gasteiger partial charge in [-0.15, -0.1) is 0 Å². The second-order valence-electron chi connectivity index (χ2n) is 7.23. The van der Waals surface area contributed by atoms with E-state index in [1.165, 1.54) is 6.20 Å². The summed E-state index contributed by atoms with van der Waals surface area (Å²) in [5.41, 5.74) is 8.26. The molecule has 0 aliphatic heterocycles. The van der Waals surface area contributed by atoms with E-state index in [2.05, 4.69) is 39.8 Å². The first-order chi connectivity index (χ1) is 16.7. The van der Waals surface area contributed by atoms with Crippen LogP contribution in [0.1, 0.15) is 24.6 Å². The summed E-state index contributed by atoms with van der Waals surface area (Å²) in [6, 6.07) is 11.3. The summed E-state index contributed by atoms with van der Waals surface area (Å²) in [4.78, 5) is 8.93. The zero-order valence-electron chi connectivity index (χ0n) is 19.8. The summed E-state index contributed by atoms with van der Waals surface area (Å²) in [5, 5.41) is 52.9. The zero-order chi connectivity index (χ0) is 26.5. The number of rotatable bonds is 9. The summed E-state index contributed by atoms with van der Waals surface area (Å²) >= 11 is 0. The lowest BCUT2D eigenvalue weighted by atomic mass is 10.1. The van der Waals surface area contributed by atoms with Gasteiger partial charge in [0.1, 0.15) is 23.9 Å². The van der Waals surface area contributed by atoms with Crippen molar-refractivity contribution >= 4 is 17.1 Å². The van der Waals surface area contributed by atoms with Gasteiger partial charge in [0, 0.05) is 30.6 Å². The number of pyridine rings is 1. The molecule has 1 aromatic rings. The standard InChI is InChI=1S/C25H24N10/c1-15(8-26)20(11-29)13-33-14-22(31)25-21(7-19(10-28)18(4)34-25)23(6-17(3)32-5)35-24(12-30)16(2)9-27/h7,13,16,32-33H,1,3,6,14,31H2,2,4-5H3/b20-13-,23-21+,25-22-,35-24-. The second kappa shape index (κ2) is 13.2. The van der Waals surface area contributed by atoms with Crippen molar-refractivity contribution in [3.8, 4) is 30.3 Å². The van der Waals surface area contributed by atoms with Crippen molar-refractivity contribution in [3.05, 3.63) is 64.1 Å². The lowest BCUT2D eigenvalue weighted by molar-refractivity contribution is 0.934. The molecule has 1 heterocycles. The van der Waals surface area contributed by atoms with Crippen LogP contribution in [0.4, 0.5) is 0 Å². The number of nitrogens with zero attached hydrogens (tertiary/aromatic N) is 7. The van der Waals surface area contributed by atoms with Gasteiger partial charge in [-0.1, -0.05) is 13.2 Å². The number of nitrogens with two attached hydrogens (primary N) is 1. The molecule has 4 N–H and O–H groups in total. The normalized spacial score (nSPS) is 13.4. The summed E-state index contributed by atoms with van der Waals surface area (Å²) in [5.74, 6) is -0.763. The van der Waals surface area contributed by atoms with E-state index in [4.69, 9.17) is 16.3 Å². The van der Waals surface area contributed by atoms with Crippen molar-refractivity contribution in [2.45, 2.75) is 20.3 Å². The predicted molar refractivity (Wildman–Crippen MR) is 131 cm³/mol. The molecule has 0 aliphatic rings. The summed E-state index contributed by atoms with van der Waals surface area (Å²) in [6.07, 6.45) is 1.49. The van der Waals surface area contributed by atoms with Crippen molar-refractivity contribution in [2.75, 3.05) is 13.6 Å². The highest BCUT2D eigenvalue weighted by Crippen LogP contribution is 2.12. The van der Waals surface area contributed by atoms with Crippen LogP contribution in [0, 0.1) is 69.5 Å². The summed E-state index contributed by atoms with van der Waals surface area (Å²) in [6.45, 7) is 10.7. The number of aliphatic imine (C=N–C) groups is 1. The number of allylic oxidation sites excluding steroid dienone is 2. The SMILES string of the molecule is C=C(CC(/N=C(/C#N)C(C)C#N)=c1/cc(C#N)c(C)n/c1=C(\N)CN/C=C(/C#N)C(=C)C#N)NC. The van der Waals surface area contributed by atoms with E-state index < -0.39 is 5.92 Å². The van der Waals surface area contributed by atoms with E-state index in [1.54, 1.807) is 33.0 Å². The Morgan fingerprint density at radius 1 is 1.20 bits per heavy atom. The van der Waals surface area contributed by atoms with Gasteiger partial charge in [0.25, 0.3) is 0 Å². The van der Waals surface area contributed by atoms with Gasteiger partial charge in [-0.25, -0.2) is 9.98 Å².